The molecular weight excluding hydrogens is 375 g/mol. The Hall–Kier alpha value is -2.51. The summed E-state index contributed by atoms with van der Waals surface area (Å²) in [5, 5.41) is 17.4. The molecule has 25 heavy (non-hydrogen) atoms. The summed E-state index contributed by atoms with van der Waals surface area (Å²) in [7, 11) is 0. The van der Waals surface area contributed by atoms with Gasteiger partial charge >= 0.3 is 6.01 Å². The molecule has 3 rings (SSSR count). The Kier molecular flexibility index (Phi) is 4.96. The number of phenols is 1. The first-order chi connectivity index (χ1) is 11.9. The Balaban J connectivity index is 1.74. The standard InChI is InChI=1S/C16H9Cl2F2N3O2/c17-11-3-9(4-12(18)15(11)24)14-6-21-16(23-22-14)25-7-8-1-2-10(19)5-13(8)20/h1-6,24H,7H2. The number of halogens is 4. The van der Waals surface area contributed by atoms with E-state index in [-0.39, 0.29) is 34.0 Å². The van der Waals surface area contributed by atoms with Crippen molar-refractivity contribution >= 4 is 23.2 Å². The second-order valence-electron chi connectivity index (χ2n) is 4.94. The molecule has 0 atom stereocenters. The fourth-order valence-electron chi connectivity index (χ4n) is 1.96. The van der Waals surface area contributed by atoms with Crippen molar-refractivity contribution in [3.05, 3.63) is 63.8 Å². The van der Waals surface area contributed by atoms with Crippen LogP contribution in [-0.2, 0) is 6.61 Å². The Bertz CT molecular complexity index is 901. The number of phenolic OH excluding ortho intramolecular Hbond substituents is 1. The van der Waals surface area contributed by atoms with Crippen LogP contribution < -0.4 is 4.74 Å². The Morgan fingerprint density at radius 2 is 1.76 bits per heavy atom. The lowest BCUT2D eigenvalue weighted by Crippen LogP contribution is -2.03. The van der Waals surface area contributed by atoms with E-state index in [9.17, 15) is 13.9 Å². The van der Waals surface area contributed by atoms with Crippen LogP contribution in [0.3, 0.4) is 0 Å². The highest BCUT2D eigenvalue weighted by Crippen LogP contribution is 2.35. The molecule has 0 bridgehead atoms. The lowest BCUT2D eigenvalue weighted by Gasteiger charge is -2.07. The molecule has 0 fully saturated rings. The molecule has 3 aromatic rings. The van der Waals surface area contributed by atoms with Gasteiger partial charge in [0.05, 0.1) is 16.2 Å². The number of rotatable bonds is 4. The zero-order valence-electron chi connectivity index (χ0n) is 12.4. The van der Waals surface area contributed by atoms with Crippen LogP contribution in [0.15, 0.2) is 36.5 Å². The van der Waals surface area contributed by atoms with Gasteiger partial charge in [-0.25, -0.2) is 13.8 Å². The number of hydrogen-bond donors (Lipinski definition) is 1. The zero-order valence-corrected chi connectivity index (χ0v) is 13.9. The number of aromatic hydroxyl groups is 1. The average Bonchev–Trinajstić information content (AvgIpc) is 2.59. The predicted octanol–water partition coefficient (Wildman–Crippen LogP) is 4.41. The molecule has 1 N–H and O–H groups in total. The molecule has 0 saturated carbocycles. The van der Waals surface area contributed by atoms with Gasteiger partial charge in [0.1, 0.15) is 23.9 Å². The molecule has 128 valence electrons. The van der Waals surface area contributed by atoms with Gasteiger partial charge in [-0.3, -0.25) is 0 Å². The minimum absolute atomic E-state index is 0.0661. The molecule has 0 aliphatic carbocycles. The molecule has 0 aliphatic heterocycles. The molecule has 0 radical (unpaired) electrons. The topological polar surface area (TPSA) is 68.1 Å². The SMILES string of the molecule is Oc1c(Cl)cc(-c2cnc(OCc3ccc(F)cc3F)nn2)cc1Cl. The van der Waals surface area contributed by atoms with Crippen molar-refractivity contribution in [1.29, 1.82) is 0 Å². The van der Waals surface area contributed by atoms with E-state index < -0.39 is 11.6 Å². The first-order valence-corrected chi connectivity index (χ1v) is 7.64. The summed E-state index contributed by atoms with van der Waals surface area (Å²) in [6.45, 7) is -0.177. The van der Waals surface area contributed by atoms with Gasteiger partial charge < -0.3 is 9.84 Å². The predicted molar refractivity (Wildman–Crippen MR) is 87.6 cm³/mol. The Morgan fingerprint density at radius 1 is 1.04 bits per heavy atom. The highest BCUT2D eigenvalue weighted by atomic mass is 35.5. The quantitative estimate of drug-likeness (QED) is 0.722. The first-order valence-electron chi connectivity index (χ1n) is 6.89. The third-order valence-electron chi connectivity index (χ3n) is 3.23. The molecule has 5 nitrogen and oxygen atoms in total. The maximum Gasteiger partial charge on any atom is 0.336 e. The van der Waals surface area contributed by atoms with E-state index in [0.29, 0.717) is 11.3 Å². The van der Waals surface area contributed by atoms with E-state index in [2.05, 4.69) is 15.2 Å². The van der Waals surface area contributed by atoms with Gasteiger partial charge in [0.25, 0.3) is 0 Å². The highest BCUT2D eigenvalue weighted by molar-refractivity contribution is 6.37. The van der Waals surface area contributed by atoms with E-state index in [1.807, 2.05) is 0 Å². The number of aromatic nitrogens is 3. The summed E-state index contributed by atoms with van der Waals surface area (Å²) in [6.07, 6.45) is 1.36. The lowest BCUT2D eigenvalue weighted by molar-refractivity contribution is 0.271. The van der Waals surface area contributed by atoms with E-state index in [1.54, 1.807) is 0 Å². The van der Waals surface area contributed by atoms with Crippen LogP contribution in [0, 0.1) is 11.6 Å². The fraction of sp³-hybridized carbons (Fsp3) is 0.0625. The summed E-state index contributed by atoms with van der Waals surface area (Å²) < 4.78 is 31.6. The third-order valence-corrected chi connectivity index (χ3v) is 3.80. The smallest absolute Gasteiger partial charge is 0.336 e. The van der Waals surface area contributed by atoms with Crippen LogP contribution in [-0.4, -0.2) is 20.3 Å². The molecule has 0 unspecified atom stereocenters. The normalized spacial score (nSPS) is 10.7. The van der Waals surface area contributed by atoms with Crippen molar-refractivity contribution in [3.8, 4) is 23.0 Å². The van der Waals surface area contributed by atoms with E-state index in [4.69, 9.17) is 27.9 Å². The molecular formula is C16H9Cl2F2N3O2. The summed E-state index contributed by atoms with van der Waals surface area (Å²) in [6, 6.07) is 6.00. The van der Waals surface area contributed by atoms with E-state index >= 15 is 0 Å². The molecule has 0 aliphatic rings. The van der Waals surface area contributed by atoms with Crippen molar-refractivity contribution in [3.63, 3.8) is 0 Å². The Morgan fingerprint density at radius 3 is 2.36 bits per heavy atom. The summed E-state index contributed by atoms with van der Waals surface area (Å²) in [5.74, 6) is -1.62. The molecule has 0 spiro atoms. The third kappa shape index (κ3) is 3.94. The molecule has 0 amide bonds. The van der Waals surface area contributed by atoms with Crippen molar-refractivity contribution < 1.29 is 18.6 Å². The molecule has 2 aromatic carbocycles. The van der Waals surface area contributed by atoms with Crippen LogP contribution in [0.5, 0.6) is 11.8 Å². The number of ether oxygens (including phenoxy) is 1. The van der Waals surface area contributed by atoms with Crippen molar-refractivity contribution in [1.82, 2.24) is 15.2 Å². The number of hydrogen-bond acceptors (Lipinski definition) is 5. The van der Waals surface area contributed by atoms with Gasteiger partial charge in [-0.05, 0) is 24.3 Å². The average molecular weight is 384 g/mol. The van der Waals surface area contributed by atoms with Crippen molar-refractivity contribution in [2.75, 3.05) is 0 Å². The summed E-state index contributed by atoms with van der Waals surface area (Å²) in [4.78, 5) is 3.96. The van der Waals surface area contributed by atoms with Gasteiger partial charge in [-0.2, -0.15) is 0 Å². The fourth-order valence-corrected chi connectivity index (χ4v) is 2.44. The lowest BCUT2D eigenvalue weighted by atomic mass is 10.1. The molecule has 9 heteroatoms. The maximum atomic E-state index is 13.5. The van der Waals surface area contributed by atoms with Gasteiger partial charge in [-0.1, -0.05) is 28.3 Å². The van der Waals surface area contributed by atoms with Crippen LogP contribution >= 0.6 is 23.2 Å². The maximum absolute atomic E-state index is 13.5. The molecule has 1 aromatic heterocycles. The van der Waals surface area contributed by atoms with Gasteiger partial charge in [-0.15, -0.1) is 5.10 Å². The minimum Gasteiger partial charge on any atom is -0.505 e. The van der Waals surface area contributed by atoms with Gasteiger partial charge in [0.2, 0.25) is 0 Å². The first kappa shape index (κ1) is 17.3. The van der Waals surface area contributed by atoms with Crippen molar-refractivity contribution in [2.45, 2.75) is 6.61 Å². The minimum atomic E-state index is -0.724. The highest BCUT2D eigenvalue weighted by Gasteiger charge is 2.11. The van der Waals surface area contributed by atoms with Crippen LogP contribution in [0.4, 0.5) is 8.78 Å². The van der Waals surface area contributed by atoms with Crippen LogP contribution in [0.25, 0.3) is 11.3 Å². The van der Waals surface area contributed by atoms with Gasteiger partial charge in [0.15, 0.2) is 5.75 Å². The van der Waals surface area contributed by atoms with Crippen LogP contribution in [0.1, 0.15) is 5.56 Å². The molecule has 1 heterocycles. The van der Waals surface area contributed by atoms with Gasteiger partial charge in [0, 0.05) is 17.2 Å². The number of nitrogens with zero attached hydrogens (tertiary/aromatic N) is 3. The largest absolute Gasteiger partial charge is 0.505 e. The Labute approximate surface area is 150 Å². The van der Waals surface area contributed by atoms with Crippen molar-refractivity contribution in [2.24, 2.45) is 0 Å². The number of benzene rings is 2. The molecule has 0 saturated heterocycles. The summed E-state index contributed by atoms with van der Waals surface area (Å²) >= 11 is 11.7. The van der Waals surface area contributed by atoms with Crippen LogP contribution in [0.2, 0.25) is 10.0 Å². The summed E-state index contributed by atoms with van der Waals surface area (Å²) in [5.41, 5.74) is 1.01. The van der Waals surface area contributed by atoms with E-state index in [0.717, 1.165) is 12.1 Å². The second-order valence-corrected chi connectivity index (χ2v) is 5.75. The zero-order chi connectivity index (χ0) is 18.0. The second kappa shape index (κ2) is 7.16. The van der Waals surface area contributed by atoms with E-state index in [1.165, 1.54) is 24.4 Å². The monoisotopic (exact) mass is 383 g/mol.